The van der Waals surface area contributed by atoms with Crippen molar-refractivity contribution in [3.8, 4) is 0 Å². The van der Waals surface area contributed by atoms with Gasteiger partial charge < -0.3 is 10.1 Å². The van der Waals surface area contributed by atoms with Gasteiger partial charge in [0.05, 0.1) is 11.7 Å². The van der Waals surface area contributed by atoms with Gasteiger partial charge in [-0.3, -0.25) is 9.20 Å². The number of nitrogens with one attached hydrogen (secondary N) is 1. The van der Waals surface area contributed by atoms with Gasteiger partial charge in [0.2, 0.25) is 0 Å². The number of ether oxygens (including phenoxy) is 1. The highest BCUT2D eigenvalue weighted by atomic mass is 16.5. The highest BCUT2D eigenvalue weighted by Gasteiger charge is 2.30. The topological polar surface area (TPSA) is 68.5 Å². The van der Waals surface area contributed by atoms with Gasteiger partial charge in [-0.2, -0.15) is 0 Å². The first-order chi connectivity index (χ1) is 9.67. The summed E-state index contributed by atoms with van der Waals surface area (Å²) in [6.07, 6.45) is 3.87. The Morgan fingerprint density at radius 2 is 2.25 bits per heavy atom. The molecule has 3 rings (SSSR count). The van der Waals surface area contributed by atoms with Gasteiger partial charge in [-0.05, 0) is 38.8 Å². The lowest BCUT2D eigenvalue weighted by Gasteiger charge is -2.35. The molecule has 0 saturated heterocycles. The van der Waals surface area contributed by atoms with E-state index in [9.17, 15) is 4.79 Å². The molecule has 0 bridgehead atoms. The summed E-state index contributed by atoms with van der Waals surface area (Å²) < 4.78 is 7.30. The van der Waals surface area contributed by atoms with E-state index in [1.165, 1.54) is 0 Å². The molecule has 106 valence electrons. The van der Waals surface area contributed by atoms with E-state index < -0.39 is 0 Å². The van der Waals surface area contributed by atoms with Crippen molar-refractivity contribution < 1.29 is 9.53 Å². The molecule has 0 spiro atoms. The van der Waals surface area contributed by atoms with Gasteiger partial charge in [-0.1, -0.05) is 0 Å². The van der Waals surface area contributed by atoms with Crippen LogP contribution in [0, 0.1) is 6.92 Å². The summed E-state index contributed by atoms with van der Waals surface area (Å²) in [6.45, 7) is 4.58. The van der Waals surface area contributed by atoms with Crippen LogP contribution >= 0.6 is 0 Å². The molecule has 0 radical (unpaired) electrons. The van der Waals surface area contributed by atoms with Crippen LogP contribution in [0.1, 0.15) is 35.9 Å². The van der Waals surface area contributed by atoms with Gasteiger partial charge in [0.1, 0.15) is 5.82 Å². The molecule has 1 aliphatic rings. The molecule has 0 aliphatic heterocycles. The fourth-order valence-corrected chi connectivity index (χ4v) is 2.46. The van der Waals surface area contributed by atoms with Crippen LogP contribution in [0.25, 0.3) is 5.65 Å². The van der Waals surface area contributed by atoms with Crippen LogP contribution in [0.3, 0.4) is 0 Å². The molecule has 1 N–H and O–H groups in total. The maximum Gasteiger partial charge on any atom is 0.253 e. The quantitative estimate of drug-likeness (QED) is 0.913. The summed E-state index contributed by atoms with van der Waals surface area (Å²) in [7, 11) is 0. The second-order valence-corrected chi connectivity index (χ2v) is 5.11. The van der Waals surface area contributed by atoms with E-state index in [1.807, 2.05) is 18.2 Å². The summed E-state index contributed by atoms with van der Waals surface area (Å²) in [5.74, 6) is 0.717. The Kier molecular flexibility index (Phi) is 3.40. The lowest BCUT2D eigenvalue weighted by atomic mass is 9.89. The summed E-state index contributed by atoms with van der Waals surface area (Å²) in [5, 5.41) is 11.0. The Morgan fingerprint density at radius 1 is 1.45 bits per heavy atom. The smallest absolute Gasteiger partial charge is 0.253 e. The molecular formula is C14H18N4O2. The lowest BCUT2D eigenvalue weighted by Crippen LogP contribution is -2.47. The van der Waals surface area contributed by atoms with Crippen molar-refractivity contribution in [3.05, 3.63) is 29.7 Å². The van der Waals surface area contributed by atoms with E-state index in [0.29, 0.717) is 11.7 Å². The number of aryl methyl sites for hydroxylation is 1. The molecule has 2 aromatic heterocycles. The first-order valence-corrected chi connectivity index (χ1v) is 6.91. The van der Waals surface area contributed by atoms with E-state index in [1.54, 1.807) is 18.3 Å². The van der Waals surface area contributed by atoms with Gasteiger partial charge >= 0.3 is 0 Å². The number of hydrogen-bond donors (Lipinski definition) is 1. The maximum absolute atomic E-state index is 12.2. The van der Waals surface area contributed by atoms with Crippen LogP contribution in [-0.4, -0.2) is 39.3 Å². The normalized spacial score (nSPS) is 21.7. The predicted octanol–water partition coefficient (Wildman–Crippen LogP) is 1.34. The molecule has 1 aliphatic carbocycles. The third-order valence-corrected chi connectivity index (χ3v) is 3.67. The highest BCUT2D eigenvalue weighted by Crippen LogP contribution is 2.23. The standard InChI is InChI=1S/C14H18N4O2/c1-3-20-12-6-11(7-12)15-14(19)10-4-5-13-17-16-9(2)18(13)8-10/h4-5,8,11-12H,3,6-7H2,1-2H3,(H,15,19). The number of carbonyl (C=O) groups excluding carboxylic acids is 1. The Morgan fingerprint density at radius 3 is 3.00 bits per heavy atom. The van der Waals surface area contributed by atoms with Crippen molar-refractivity contribution in [2.24, 2.45) is 0 Å². The van der Waals surface area contributed by atoms with Crippen LogP contribution in [0.5, 0.6) is 0 Å². The molecule has 20 heavy (non-hydrogen) atoms. The molecule has 1 fully saturated rings. The SMILES string of the molecule is CCOC1CC(NC(=O)c2ccc3nnc(C)n3c2)C1. The van der Waals surface area contributed by atoms with Gasteiger partial charge in [0, 0.05) is 18.8 Å². The van der Waals surface area contributed by atoms with Crippen molar-refractivity contribution in [2.75, 3.05) is 6.61 Å². The molecule has 0 unspecified atom stereocenters. The monoisotopic (exact) mass is 274 g/mol. The number of nitrogens with zero attached hydrogens (tertiary/aromatic N) is 3. The Balaban J connectivity index is 1.65. The fourth-order valence-electron chi connectivity index (χ4n) is 2.46. The first kappa shape index (κ1) is 13.1. The average Bonchev–Trinajstić information content (AvgIpc) is 2.77. The molecule has 0 atom stereocenters. The zero-order valence-electron chi connectivity index (χ0n) is 11.7. The van der Waals surface area contributed by atoms with Crippen molar-refractivity contribution in [1.82, 2.24) is 19.9 Å². The molecule has 0 aromatic carbocycles. The minimum absolute atomic E-state index is 0.0556. The number of fused-ring (bicyclic) bond motifs is 1. The third kappa shape index (κ3) is 2.38. The average molecular weight is 274 g/mol. The molecule has 2 heterocycles. The summed E-state index contributed by atoms with van der Waals surface area (Å²) in [5.41, 5.74) is 1.37. The van der Waals surface area contributed by atoms with Crippen LogP contribution in [0.15, 0.2) is 18.3 Å². The lowest BCUT2D eigenvalue weighted by molar-refractivity contribution is -0.00862. The molecule has 2 aromatic rings. The van der Waals surface area contributed by atoms with Crippen LogP contribution in [0.4, 0.5) is 0 Å². The third-order valence-electron chi connectivity index (χ3n) is 3.67. The summed E-state index contributed by atoms with van der Waals surface area (Å²) in [6, 6.07) is 3.80. The van der Waals surface area contributed by atoms with Gasteiger partial charge in [0.25, 0.3) is 5.91 Å². The minimum Gasteiger partial charge on any atom is -0.378 e. The van der Waals surface area contributed by atoms with Crippen molar-refractivity contribution in [3.63, 3.8) is 0 Å². The number of pyridine rings is 1. The largest absolute Gasteiger partial charge is 0.378 e. The summed E-state index contributed by atoms with van der Waals surface area (Å²) in [4.78, 5) is 12.2. The van der Waals surface area contributed by atoms with Gasteiger partial charge in [0.15, 0.2) is 5.65 Å². The molecule has 6 heteroatoms. The molecular weight excluding hydrogens is 256 g/mol. The van der Waals surface area contributed by atoms with Gasteiger partial charge in [-0.15, -0.1) is 10.2 Å². The fraction of sp³-hybridized carbons (Fsp3) is 0.500. The van der Waals surface area contributed by atoms with E-state index >= 15 is 0 Å². The van der Waals surface area contributed by atoms with Crippen molar-refractivity contribution >= 4 is 11.6 Å². The van der Waals surface area contributed by atoms with Crippen molar-refractivity contribution in [2.45, 2.75) is 38.8 Å². The second kappa shape index (κ2) is 5.20. The van der Waals surface area contributed by atoms with Crippen molar-refractivity contribution in [1.29, 1.82) is 0 Å². The zero-order valence-corrected chi connectivity index (χ0v) is 11.7. The number of carbonyl (C=O) groups is 1. The number of hydrogen-bond acceptors (Lipinski definition) is 4. The maximum atomic E-state index is 12.2. The Labute approximate surface area is 117 Å². The second-order valence-electron chi connectivity index (χ2n) is 5.11. The zero-order chi connectivity index (χ0) is 14.1. The molecule has 1 amide bonds. The van der Waals surface area contributed by atoms with Gasteiger partial charge in [-0.25, -0.2) is 0 Å². The first-order valence-electron chi connectivity index (χ1n) is 6.91. The van der Waals surface area contributed by atoms with Crippen LogP contribution < -0.4 is 5.32 Å². The summed E-state index contributed by atoms with van der Waals surface area (Å²) >= 11 is 0. The highest BCUT2D eigenvalue weighted by molar-refractivity contribution is 5.94. The van der Waals surface area contributed by atoms with E-state index in [2.05, 4.69) is 15.5 Å². The Bertz CT molecular complexity index is 631. The Hall–Kier alpha value is -1.95. The van der Waals surface area contributed by atoms with Crippen LogP contribution in [0.2, 0.25) is 0 Å². The van der Waals surface area contributed by atoms with E-state index in [-0.39, 0.29) is 11.9 Å². The minimum atomic E-state index is -0.0556. The number of amides is 1. The van der Waals surface area contributed by atoms with E-state index in [4.69, 9.17) is 4.74 Å². The van der Waals surface area contributed by atoms with E-state index in [0.717, 1.165) is 30.9 Å². The molecule has 1 saturated carbocycles. The number of rotatable bonds is 4. The number of aromatic nitrogens is 3. The molecule has 6 nitrogen and oxygen atoms in total. The predicted molar refractivity (Wildman–Crippen MR) is 73.6 cm³/mol. The van der Waals surface area contributed by atoms with Crippen LogP contribution in [-0.2, 0) is 4.74 Å².